The summed E-state index contributed by atoms with van der Waals surface area (Å²) in [5.41, 5.74) is 0.290. The van der Waals surface area contributed by atoms with Crippen LogP contribution in [0.5, 0.6) is 0 Å². The first-order chi connectivity index (χ1) is 6.11. The first-order valence-corrected chi connectivity index (χ1v) is 4.08. The van der Waals surface area contributed by atoms with Crippen molar-refractivity contribution in [1.82, 2.24) is 0 Å². The van der Waals surface area contributed by atoms with E-state index in [2.05, 4.69) is 6.58 Å². The van der Waals surface area contributed by atoms with E-state index >= 15 is 0 Å². The van der Waals surface area contributed by atoms with Gasteiger partial charge < -0.3 is 9.47 Å². The number of esters is 1. The van der Waals surface area contributed by atoms with Gasteiger partial charge in [-0.25, -0.2) is 4.79 Å². The van der Waals surface area contributed by atoms with Crippen LogP contribution in [0.2, 0.25) is 0 Å². The van der Waals surface area contributed by atoms with Gasteiger partial charge in [-0.05, 0) is 6.92 Å². The molecule has 1 aliphatic heterocycles. The van der Waals surface area contributed by atoms with E-state index in [4.69, 9.17) is 9.47 Å². The summed E-state index contributed by atoms with van der Waals surface area (Å²) in [6.07, 6.45) is -0.424. The standard InChI is InChI=1S/C9H12O4/c1-6(2)9(11)13-8-5-12-4-3-7(8)10/h8H,1,3-5H2,2H3. The molecule has 0 aromatic carbocycles. The predicted molar refractivity (Wildman–Crippen MR) is 45.1 cm³/mol. The quantitative estimate of drug-likeness (QED) is 0.462. The van der Waals surface area contributed by atoms with Crippen molar-refractivity contribution in [3.63, 3.8) is 0 Å². The molecule has 1 atom stereocenters. The van der Waals surface area contributed by atoms with Gasteiger partial charge in [-0.15, -0.1) is 0 Å². The molecule has 1 fully saturated rings. The number of ether oxygens (including phenoxy) is 2. The van der Waals surface area contributed by atoms with Crippen LogP contribution in [0.3, 0.4) is 0 Å². The van der Waals surface area contributed by atoms with Gasteiger partial charge in [-0.1, -0.05) is 6.58 Å². The average Bonchev–Trinajstić information content (AvgIpc) is 2.08. The van der Waals surface area contributed by atoms with Crippen LogP contribution in [-0.4, -0.2) is 31.1 Å². The van der Waals surface area contributed by atoms with Crippen molar-refractivity contribution in [2.45, 2.75) is 19.4 Å². The number of ketones is 1. The van der Waals surface area contributed by atoms with Crippen molar-refractivity contribution in [3.05, 3.63) is 12.2 Å². The molecule has 1 saturated heterocycles. The summed E-state index contributed by atoms with van der Waals surface area (Å²) in [7, 11) is 0. The van der Waals surface area contributed by atoms with Crippen molar-refractivity contribution in [2.75, 3.05) is 13.2 Å². The van der Waals surface area contributed by atoms with Gasteiger partial charge >= 0.3 is 5.97 Å². The van der Waals surface area contributed by atoms with E-state index in [0.29, 0.717) is 18.6 Å². The Labute approximate surface area is 76.5 Å². The average molecular weight is 184 g/mol. The van der Waals surface area contributed by atoms with E-state index in [1.54, 1.807) is 0 Å². The summed E-state index contributed by atoms with van der Waals surface area (Å²) in [5, 5.41) is 0. The summed E-state index contributed by atoms with van der Waals surface area (Å²) in [6, 6.07) is 0. The van der Waals surface area contributed by atoms with Crippen molar-refractivity contribution in [3.8, 4) is 0 Å². The molecule has 13 heavy (non-hydrogen) atoms. The maximum absolute atomic E-state index is 11.2. The van der Waals surface area contributed by atoms with E-state index in [-0.39, 0.29) is 12.4 Å². The van der Waals surface area contributed by atoms with Crippen LogP contribution >= 0.6 is 0 Å². The van der Waals surface area contributed by atoms with Gasteiger partial charge in [0.25, 0.3) is 0 Å². The molecule has 1 aliphatic rings. The molecule has 0 aromatic heterocycles. The minimum absolute atomic E-state index is 0.0825. The molecule has 0 spiro atoms. The van der Waals surface area contributed by atoms with Gasteiger partial charge in [0.1, 0.15) is 0 Å². The molecule has 1 rings (SSSR count). The SMILES string of the molecule is C=C(C)C(=O)OC1COCCC1=O. The van der Waals surface area contributed by atoms with Crippen LogP contribution in [0, 0.1) is 0 Å². The van der Waals surface area contributed by atoms with Crippen LogP contribution in [0.15, 0.2) is 12.2 Å². The van der Waals surface area contributed by atoms with Crippen LogP contribution in [-0.2, 0) is 19.1 Å². The van der Waals surface area contributed by atoms with Crippen molar-refractivity contribution >= 4 is 11.8 Å². The minimum Gasteiger partial charge on any atom is -0.449 e. The van der Waals surface area contributed by atoms with E-state index in [1.807, 2.05) is 0 Å². The molecule has 0 N–H and O–H groups in total. The molecule has 1 unspecified atom stereocenters. The monoisotopic (exact) mass is 184 g/mol. The fourth-order valence-corrected chi connectivity index (χ4v) is 0.947. The van der Waals surface area contributed by atoms with E-state index < -0.39 is 12.1 Å². The van der Waals surface area contributed by atoms with Crippen LogP contribution in [0.4, 0.5) is 0 Å². The molecule has 0 saturated carbocycles. The largest absolute Gasteiger partial charge is 0.449 e. The lowest BCUT2D eigenvalue weighted by Crippen LogP contribution is -2.36. The second-order valence-electron chi connectivity index (χ2n) is 2.97. The fraction of sp³-hybridized carbons (Fsp3) is 0.556. The van der Waals surface area contributed by atoms with Crippen molar-refractivity contribution in [2.24, 2.45) is 0 Å². The lowest BCUT2D eigenvalue weighted by molar-refractivity contribution is -0.159. The molecular formula is C9H12O4. The molecule has 4 heteroatoms. The van der Waals surface area contributed by atoms with E-state index in [1.165, 1.54) is 6.92 Å². The second kappa shape index (κ2) is 4.18. The smallest absolute Gasteiger partial charge is 0.333 e. The topological polar surface area (TPSA) is 52.6 Å². The zero-order valence-corrected chi connectivity index (χ0v) is 7.54. The summed E-state index contributed by atoms with van der Waals surface area (Å²) in [5.74, 6) is -0.621. The molecule has 0 radical (unpaired) electrons. The Morgan fingerprint density at radius 1 is 1.69 bits per heavy atom. The summed E-state index contributed by atoms with van der Waals surface area (Å²) < 4.78 is 9.86. The van der Waals surface area contributed by atoms with Gasteiger partial charge in [0, 0.05) is 12.0 Å². The predicted octanol–water partition coefficient (Wildman–Crippen LogP) is 0.464. The number of carbonyl (C=O) groups excluding carboxylic acids is 2. The normalized spacial score (nSPS) is 22.5. The summed E-state index contributed by atoms with van der Waals surface area (Å²) in [6.45, 7) is 5.54. The van der Waals surface area contributed by atoms with E-state index in [9.17, 15) is 9.59 Å². The Morgan fingerprint density at radius 3 is 2.92 bits per heavy atom. The number of carbonyl (C=O) groups is 2. The summed E-state index contributed by atoms with van der Waals surface area (Å²) in [4.78, 5) is 22.2. The highest BCUT2D eigenvalue weighted by Gasteiger charge is 2.26. The Morgan fingerprint density at radius 2 is 2.38 bits per heavy atom. The molecule has 1 heterocycles. The minimum atomic E-state index is -0.738. The first kappa shape index (κ1) is 9.92. The maximum Gasteiger partial charge on any atom is 0.333 e. The Hall–Kier alpha value is -1.16. The fourth-order valence-electron chi connectivity index (χ4n) is 0.947. The highest BCUT2D eigenvalue weighted by molar-refractivity contribution is 5.91. The van der Waals surface area contributed by atoms with Crippen molar-refractivity contribution in [1.29, 1.82) is 0 Å². The lowest BCUT2D eigenvalue weighted by atomic mass is 10.1. The third kappa shape index (κ3) is 2.66. The van der Waals surface area contributed by atoms with Gasteiger partial charge in [0.15, 0.2) is 11.9 Å². The van der Waals surface area contributed by atoms with E-state index in [0.717, 1.165) is 0 Å². The van der Waals surface area contributed by atoms with Gasteiger partial charge in [-0.2, -0.15) is 0 Å². The Bertz CT molecular complexity index is 244. The number of hydrogen-bond acceptors (Lipinski definition) is 4. The molecule has 0 bridgehead atoms. The Balaban J connectivity index is 2.47. The highest BCUT2D eigenvalue weighted by Crippen LogP contribution is 2.08. The molecular weight excluding hydrogens is 172 g/mol. The molecule has 4 nitrogen and oxygen atoms in total. The third-order valence-electron chi connectivity index (χ3n) is 1.72. The first-order valence-electron chi connectivity index (χ1n) is 4.08. The third-order valence-corrected chi connectivity index (χ3v) is 1.72. The van der Waals surface area contributed by atoms with Crippen LogP contribution < -0.4 is 0 Å². The number of Topliss-reactive ketones (excluding diaryl/α,β-unsaturated/α-hetero) is 1. The molecule has 72 valence electrons. The summed E-state index contributed by atoms with van der Waals surface area (Å²) >= 11 is 0. The zero-order chi connectivity index (χ0) is 9.84. The number of rotatable bonds is 2. The maximum atomic E-state index is 11.2. The molecule has 0 aliphatic carbocycles. The van der Waals surface area contributed by atoms with Crippen LogP contribution in [0.25, 0.3) is 0 Å². The second-order valence-corrected chi connectivity index (χ2v) is 2.97. The van der Waals surface area contributed by atoms with Gasteiger partial charge in [-0.3, -0.25) is 4.79 Å². The highest BCUT2D eigenvalue weighted by atomic mass is 16.6. The molecule has 0 aromatic rings. The Kier molecular flexibility index (Phi) is 3.19. The van der Waals surface area contributed by atoms with Crippen LogP contribution in [0.1, 0.15) is 13.3 Å². The lowest BCUT2D eigenvalue weighted by Gasteiger charge is -2.20. The zero-order valence-electron chi connectivity index (χ0n) is 7.54. The van der Waals surface area contributed by atoms with Crippen molar-refractivity contribution < 1.29 is 19.1 Å². The number of hydrogen-bond donors (Lipinski definition) is 0. The molecule has 0 amide bonds. The van der Waals surface area contributed by atoms with Gasteiger partial charge in [0.2, 0.25) is 0 Å². The van der Waals surface area contributed by atoms with Gasteiger partial charge in [0.05, 0.1) is 13.2 Å².